The van der Waals surface area contributed by atoms with E-state index in [0.29, 0.717) is 18.1 Å². The van der Waals surface area contributed by atoms with E-state index in [1.54, 1.807) is 11.7 Å². The zero-order valence-corrected chi connectivity index (χ0v) is 13.0. The van der Waals surface area contributed by atoms with E-state index >= 15 is 0 Å². The summed E-state index contributed by atoms with van der Waals surface area (Å²) in [6.45, 7) is 6.85. The molecule has 0 atom stereocenters. The molecule has 5 heteroatoms. The molecule has 1 heterocycles. The Morgan fingerprint density at radius 1 is 1.42 bits per heavy atom. The molecule has 0 aliphatic rings. The van der Waals surface area contributed by atoms with Gasteiger partial charge in [-0.25, -0.2) is 0 Å². The molecule has 0 aliphatic heterocycles. The van der Waals surface area contributed by atoms with Gasteiger partial charge in [-0.1, -0.05) is 20.8 Å². The van der Waals surface area contributed by atoms with Crippen LogP contribution in [0.5, 0.6) is 0 Å². The molecular weight excluding hydrogens is 262 g/mol. The van der Waals surface area contributed by atoms with Crippen molar-refractivity contribution in [2.75, 3.05) is 12.4 Å². The van der Waals surface area contributed by atoms with Crippen LogP contribution in [-0.2, 0) is 13.5 Å². The monoisotopic (exact) mass is 285 g/mol. The van der Waals surface area contributed by atoms with Crippen LogP contribution in [0.3, 0.4) is 0 Å². The number of rotatable bonds is 7. The summed E-state index contributed by atoms with van der Waals surface area (Å²) >= 11 is 6.04. The molecular formula is C14H24ClN3O. The molecule has 0 saturated heterocycles. The third kappa shape index (κ3) is 3.72. The molecule has 1 rings (SSSR count). The van der Waals surface area contributed by atoms with E-state index in [1.807, 2.05) is 13.0 Å². The maximum Gasteiger partial charge on any atom is 0.269 e. The lowest BCUT2D eigenvalue weighted by atomic mass is 9.84. The highest BCUT2D eigenvalue weighted by molar-refractivity contribution is 6.18. The fraction of sp³-hybridized carbons (Fsp3) is 0.714. The Morgan fingerprint density at radius 2 is 2.05 bits per heavy atom. The van der Waals surface area contributed by atoms with Gasteiger partial charge < -0.3 is 5.32 Å². The Morgan fingerprint density at radius 3 is 2.47 bits per heavy atom. The highest BCUT2D eigenvalue weighted by Crippen LogP contribution is 2.27. The molecule has 1 N–H and O–H groups in total. The minimum absolute atomic E-state index is 0.0105. The van der Waals surface area contributed by atoms with Gasteiger partial charge in [0.2, 0.25) is 0 Å². The van der Waals surface area contributed by atoms with Crippen molar-refractivity contribution in [3.63, 3.8) is 0 Å². The van der Waals surface area contributed by atoms with Gasteiger partial charge in [-0.3, -0.25) is 9.48 Å². The molecule has 0 aliphatic carbocycles. The molecule has 108 valence electrons. The van der Waals surface area contributed by atoms with Crippen molar-refractivity contribution in [1.82, 2.24) is 15.1 Å². The predicted octanol–water partition coefficient (Wildman–Crippen LogP) is 2.76. The van der Waals surface area contributed by atoms with Gasteiger partial charge in [-0.05, 0) is 25.3 Å². The summed E-state index contributed by atoms with van der Waals surface area (Å²) in [5.74, 6) is 0.484. The lowest BCUT2D eigenvalue weighted by molar-refractivity contribution is 0.0922. The summed E-state index contributed by atoms with van der Waals surface area (Å²) < 4.78 is 1.63. The molecule has 0 unspecified atom stereocenters. The Hall–Kier alpha value is -1.03. The first-order valence-electron chi connectivity index (χ1n) is 6.89. The van der Waals surface area contributed by atoms with E-state index in [9.17, 15) is 4.79 Å². The number of alkyl halides is 1. The number of amides is 1. The molecule has 0 fully saturated rings. The highest BCUT2D eigenvalue weighted by atomic mass is 35.5. The molecule has 0 bridgehead atoms. The summed E-state index contributed by atoms with van der Waals surface area (Å²) in [4.78, 5) is 12.2. The zero-order chi connectivity index (χ0) is 14.5. The molecule has 1 aromatic rings. The fourth-order valence-corrected chi connectivity index (χ4v) is 2.48. The Kier molecular flexibility index (Phi) is 5.85. The van der Waals surface area contributed by atoms with Crippen molar-refractivity contribution in [2.24, 2.45) is 12.5 Å². The van der Waals surface area contributed by atoms with Gasteiger partial charge in [0.25, 0.3) is 5.91 Å². The van der Waals surface area contributed by atoms with Crippen LogP contribution in [0.25, 0.3) is 0 Å². The third-order valence-electron chi connectivity index (χ3n) is 3.93. The van der Waals surface area contributed by atoms with E-state index in [-0.39, 0.29) is 11.3 Å². The van der Waals surface area contributed by atoms with Gasteiger partial charge in [0, 0.05) is 24.9 Å². The minimum atomic E-state index is -0.0777. The summed E-state index contributed by atoms with van der Waals surface area (Å²) in [6, 6.07) is 1.84. The molecule has 1 amide bonds. The van der Waals surface area contributed by atoms with Gasteiger partial charge >= 0.3 is 0 Å². The number of hydrogen-bond donors (Lipinski definition) is 1. The first-order chi connectivity index (χ1) is 9.01. The van der Waals surface area contributed by atoms with Crippen molar-refractivity contribution in [1.29, 1.82) is 0 Å². The smallest absolute Gasteiger partial charge is 0.269 e. The van der Waals surface area contributed by atoms with Gasteiger partial charge in [0.05, 0.1) is 5.69 Å². The molecule has 0 saturated carbocycles. The van der Waals surface area contributed by atoms with E-state index in [2.05, 4.69) is 24.3 Å². The van der Waals surface area contributed by atoms with Crippen molar-refractivity contribution in [2.45, 2.75) is 40.0 Å². The summed E-state index contributed by atoms with van der Waals surface area (Å²) in [6.07, 6.45) is 2.74. The minimum Gasteiger partial charge on any atom is -0.350 e. The second-order valence-electron chi connectivity index (χ2n) is 5.02. The molecule has 1 aromatic heterocycles. The number of nitrogens with one attached hydrogen (secondary N) is 1. The maximum atomic E-state index is 12.2. The van der Waals surface area contributed by atoms with Crippen molar-refractivity contribution in [3.8, 4) is 0 Å². The number of nitrogens with zero attached hydrogens (tertiary/aromatic N) is 2. The van der Waals surface area contributed by atoms with E-state index < -0.39 is 0 Å². The Balaban J connectivity index is 2.71. The lowest BCUT2D eigenvalue weighted by Crippen LogP contribution is -2.38. The topological polar surface area (TPSA) is 46.9 Å². The van der Waals surface area contributed by atoms with Crippen LogP contribution in [0.2, 0.25) is 0 Å². The average Bonchev–Trinajstić information content (AvgIpc) is 2.82. The summed E-state index contributed by atoms with van der Waals surface area (Å²) in [7, 11) is 1.79. The van der Waals surface area contributed by atoms with Gasteiger partial charge in [0.1, 0.15) is 5.69 Å². The van der Waals surface area contributed by atoms with Crippen LogP contribution in [-0.4, -0.2) is 28.1 Å². The van der Waals surface area contributed by atoms with Crippen LogP contribution >= 0.6 is 11.6 Å². The van der Waals surface area contributed by atoms with Crippen LogP contribution in [0.1, 0.15) is 49.8 Å². The quantitative estimate of drug-likeness (QED) is 0.783. The highest BCUT2D eigenvalue weighted by Gasteiger charge is 2.26. The summed E-state index contributed by atoms with van der Waals surface area (Å²) in [5.41, 5.74) is 1.53. The first-order valence-corrected chi connectivity index (χ1v) is 7.42. The molecule has 4 nitrogen and oxygen atoms in total. The standard InChI is InChI=1S/C14H24ClN3O/c1-5-11-8-12(18(4)17-11)13(19)16-10-14(6-2,7-3)9-15/h8H,5-7,9-10H2,1-4H3,(H,16,19). The fourth-order valence-electron chi connectivity index (χ4n) is 2.01. The van der Waals surface area contributed by atoms with E-state index in [4.69, 9.17) is 11.6 Å². The van der Waals surface area contributed by atoms with Crippen molar-refractivity contribution < 1.29 is 4.79 Å². The second kappa shape index (κ2) is 6.94. The Bertz CT molecular complexity index is 416. The largest absolute Gasteiger partial charge is 0.350 e. The normalized spacial score (nSPS) is 11.6. The van der Waals surface area contributed by atoms with Crippen molar-refractivity contribution >= 4 is 17.5 Å². The zero-order valence-electron chi connectivity index (χ0n) is 12.3. The van der Waals surface area contributed by atoms with Crippen LogP contribution in [0.15, 0.2) is 6.07 Å². The second-order valence-corrected chi connectivity index (χ2v) is 5.29. The third-order valence-corrected chi connectivity index (χ3v) is 4.50. The van der Waals surface area contributed by atoms with E-state index in [1.165, 1.54) is 0 Å². The van der Waals surface area contributed by atoms with Crippen LogP contribution in [0, 0.1) is 5.41 Å². The van der Waals surface area contributed by atoms with Crippen LogP contribution in [0.4, 0.5) is 0 Å². The van der Waals surface area contributed by atoms with Gasteiger partial charge in [-0.2, -0.15) is 5.10 Å². The average molecular weight is 286 g/mol. The lowest BCUT2D eigenvalue weighted by Gasteiger charge is -2.29. The first kappa shape index (κ1) is 16.0. The number of aromatic nitrogens is 2. The number of carbonyl (C=O) groups excluding carboxylic acids is 1. The van der Waals surface area contributed by atoms with Gasteiger partial charge in [-0.15, -0.1) is 11.6 Å². The molecule has 19 heavy (non-hydrogen) atoms. The van der Waals surface area contributed by atoms with Crippen molar-refractivity contribution in [3.05, 3.63) is 17.5 Å². The van der Waals surface area contributed by atoms with Gasteiger partial charge in [0.15, 0.2) is 0 Å². The maximum absolute atomic E-state index is 12.2. The number of halogens is 1. The Labute approximate surface area is 120 Å². The van der Waals surface area contributed by atoms with Crippen LogP contribution < -0.4 is 5.32 Å². The number of carbonyl (C=O) groups is 1. The molecule has 0 aromatic carbocycles. The SMILES string of the molecule is CCc1cc(C(=O)NCC(CC)(CC)CCl)n(C)n1. The molecule has 0 radical (unpaired) electrons. The molecule has 0 spiro atoms. The number of hydrogen-bond acceptors (Lipinski definition) is 2. The summed E-state index contributed by atoms with van der Waals surface area (Å²) in [5, 5.41) is 7.27. The number of aryl methyl sites for hydroxylation is 2. The predicted molar refractivity (Wildman–Crippen MR) is 78.7 cm³/mol. The van der Waals surface area contributed by atoms with E-state index in [0.717, 1.165) is 25.0 Å².